The number of benzene rings is 6. The van der Waals surface area contributed by atoms with E-state index in [-0.39, 0.29) is 10.8 Å². The van der Waals surface area contributed by atoms with Gasteiger partial charge in [-0.3, -0.25) is 0 Å². The molecule has 2 spiro atoms. The van der Waals surface area contributed by atoms with Gasteiger partial charge in [0.15, 0.2) is 0 Å². The van der Waals surface area contributed by atoms with Crippen molar-refractivity contribution in [2.75, 3.05) is 4.90 Å². The average Bonchev–Trinajstić information content (AvgIpc) is 4.04. The molecule has 1 heterocycles. The molecule has 7 aromatic rings. The van der Waals surface area contributed by atoms with E-state index in [1.54, 1.807) is 22.3 Å². The molecule has 3 atom stereocenters. The smallest absolute Gasteiger partial charge is 0.0554 e. The van der Waals surface area contributed by atoms with Crippen LogP contribution >= 0.6 is 11.3 Å². The molecule has 0 saturated heterocycles. The van der Waals surface area contributed by atoms with E-state index < -0.39 is 0 Å². The quantitative estimate of drug-likeness (QED) is 0.175. The summed E-state index contributed by atoms with van der Waals surface area (Å²) in [5.41, 5.74) is 16.6. The SMILES string of the molecule is c1ccc2c(c1)-c1ccc(N(c3ccc4c(c3)-c3ccccc3C43C4CC5CC(C4)CC3C5)c3cccc4sc5ccccc5c34)cc1C21CC2CCC1C2. The number of fused-ring (bicyclic) bond motifs is 14. The standard InChI is InChI=1S/C53H45NS/c1-4-11-44-39(8-1)41-20-18-38(29-47(41)52(44)30-31-16-17-34(52)23-31)54(48-13-7-15-50-51(48)42-10-3-6-14-49(42)55-50)37-19-21-46-43(28-37)40-9-2-5-12-45(40)53(46)35-24-32-22-33(26-35)27-36(53)25-32/h1-15,18-21,28-29,31-36H,16-17,22-27,30H2. The lowest BCUT2D eigenvalue weighted by Crippen LogP contribution is -2.55. The van der Waals surface area contributed by atoms with Gasteiger partial charge in [-0.05, 0) is 174 Å². The highest BCUT2D eigenvalue weighted by molar-refractivity contribution is 7.26. The number of anilines is 3. The lowest BCUT2D eigenvalue weighted by atomic mass is 9.43. The summed E-state index contributed by atoms with van der Waals surface area (Å²) in [6.07, 6.45) is 12.6. The molecule has 55 heavy (non-hydrogen) atoms. The Hall–Kier alpha value is -4.66. The van der Waals surface area contributed by atoms with E-state index in [1.807, 2.05) is 11.3 Å². The van der Waals surface area contributed by atoms with Crippen LogP contribution in [0.2, 0.25) is 0 Å². The molecule has 6 saturated carbocycles. The highest BCUT2D eigenvalue weighted by Gasteiger charge is 2.62. The molecule has 3 unspecified atom stereocenters. The minimum atomic E-state index is 0.139. The molecule has 8 aliphatic rings. The molecule has 15 rings (SSSR count). The second-order valence-electron chi connectivity index (χ2n) is 18.9. The summed E-state index contributed by atoms with van der Waals surface area (Å²) < 4.78 is 2.72. The third-order valence-corrected chi connectivity index (χ3v) is 17.8. The van der Waals surface area contributed by atoms with Crippen molar-refractivity contribution < 1.29 is 0 Å². The van der Waals surface area contributed by atoms with Gasteiger partial charge >= 0.3 is 0 Å². The highest BCUT2D eigenvalue weighted by Crippen LogP contribution is 2.70. The second kappa shape index (κ2) is 10.6. The van der Waals surface area contributed by atoms with Crippen molar-refractivity contribution in [1.82, 2.24) is 0 Å². The summed E-state index contributed by atoms with van der Waals surface area (Å²) in [6.45, 7) is 0. The molecule has 6 bridgehead atoms. The topological polar surface area (TPSA) is 3.24 Å². The summed E-state index contributed by atoms with van der Waals surface area (Å²) in [5, 5.41) is 2.74. The van der Waals surface area contributed by atoms with E-state index >= 15 is 0 Å². The molecule has 0 radical (unpaired) electrons. The van der Waals surface area contributed by atoms with E-state index in [2.05, 4.69) is 132 Å². The first-order valence-electron chi connectivity index (χ1n) is 21.4. The molecule has 8 aliphatic carbocycles. The molecule has 1 aromatic heterocycles. The molecular formula is C53H45NS. The van der Waals surface area contributed by atoms with Crippen molar-refractivity contribution in [2.45, 2.75) is 68.6 Å². The van der Waals surface area contributed by atoms with E-state index in [0.717, 1.165) is 35.5 Å². The summed E-state index contributed by atoms with van der Waals surface area (Å²) in [6, 6.07) is 50.5. The normalized spacial score (nSPS) is 31.1. The Bertz CT molecular complexity index is 2760. The first-order valence-corrected chi connectivity index (χ1v) is 22.2. The Labute approximate surface area is 328 Å². The van der Waals surface area contributed by atoms with Crippen LogP contribution in [0.3, 0.4) is 0 Å². The van der Waals surface area contributed by atoms with Crippen molar-refractivity contribution in [3.63, 3.8) is 0 Å². The van der Waals surface area contributed by atoms with Crippen LogP contribution in [0.15, 0.2) is 127 Å². The number of nitrogens with zero attached hydrogens (tertiary/aromatic N) is 1. The minimum Gasteiger partial charge on any atom is -0.310 e. The lowest BCUT2D eigenvalue weighted by Gasteiger charge is -2.61. The molecule has 0 amide bonds. The fourth-order valence-electron chi connectivity index (χ4n) is 15.2. The van der Waals surface area contributed by atoms with E-state index in [4.69, 9.17) is 0 Å². The number of rotatable bonds is 3. The van der Waals surface area contributed by atoms with Crippen molar-refractivity contribution in [3.05, 3.63) is 150 Å². The van der Waals surface area contributed by atoms with Crippen molar-refractivity contribution in [2.24, 2.45) is 35.5 Å². The van der Waals surface area contributed by atoms with Gasteiger partial charge in [-0.2, -0.15) is 0 Å². The van der Waals surface area contributed by atoms with Crippen molar-refractivity contribution in [1.29, 1.82) is 0 Å². The summed E-state index contributed by atoms with van der Waals surface area (Å²) >= 11 is 1.93. The maximum Gasteiger partial charge on any atom is 0.0554 e. The van der Waals surface area contributed by atoms with Gasteiger partial charge in [-0.15, -0.1) is 11.3 Å². The molecule has 1 nitrogen and oxygen atoms in total. The van der Waals surface area contributed by atoms with Crippen LogP contribution in [0.25, 0.3) is 42.4 Å². The zero-order chi connectivity index (χ0) is 35.6. The van der Waals surface area contributed by atoms with Crippen LogP contribution in [0.5, 0.6) is 0 Å². The monoisotopic (exact) mass is 727 g/mol. The van der Waals surface area contributed by atoms with E-state index in [9.17, 15) is 0 Å². The van der Waals surface area contributed by atoms with Crippen LogP contribution in [-0.2, 0) is 10.8 Å². The van der Waals surface area contributed by atoms with Crippen molar-refractivity contribution >= 4 is 48.6 Å². The summed E-state index contributed by atoms with van der Waals surface area (Å²) in [7, 11) is 0. The van der Waals surface area contributed by atoms with E-state index in [1.165, 1.54) is 117 Å². The Balaban J connectivity index is 1.02. The summed E-state index contributed by atoms with van der Waals surface area (Å²) in [4.78, 5) is 2.66. The maximum atomic E-state index is 2.66. The molecule has 2 heteroatoms. The third kappa shape index (κ3) is 3.72. The predicted molar refractivity (Wildman–Crippen MR) is 229 cm³/mol. The zero-order valence-electron chi connectivity index (χ0n) is 31.3. The first kappa shape index (κ1) is 30.5. The van der Waals surface area contributed by atoms with Gasteiger partial charge in [0.2, 0.25) is 0 Å². The fraction of sp³-hybridized carbons (Fsp3) is 0.321. The number of thiophene rings is 1. The molecule has 268 valence electrons. The van der Waals surface area contributed by atoms with Gasteiger partial charge in [0, 0.05) is 42.4 Å². The fourth-order valence-corrected chi connectivity index (χ4v) is 16.3. The van der Waals surface area contributed by atoms with Gasteiger partial charge in [0.25, 0.3) is 0 Å². The Kier molecular flexibility index (Phi) is 5.88. The average molecular weight is 728 g/mol. The zero-order valence-corrected chi connectivity index (χ0v) is 32.1. The van der Waals surface area contributed by atoms with Gasteiger partial charge < -0.3 is 4.90 Å². The molecule has 6 fully saturated rings. The highest BCUT2D eigenvalue weighted by atomic mass is 32.1. The maximum absolute atomic E-state index is 2.66. The van der Waals surface area contributed by atoms with Gasteiger partial charge in [0.05, 0.1) is 5.69 Å². The van der Waals surface area contributed by atoms with Crippen LogP contribution in [0, 0.1) is 35.5 Å². The first-order chi connectivity index (χ1) is 27.2. The Morgan fingerprint density at radius 3 is 1.93 bits per heavy atom. The van der Waals surface area contributed by atoms with Crippen LogP contribution in [0.1, 0.15) is 80.0 Å². The van der Waals surface area contributed by atoms with Crippen LogP contribution < -0.4 is 4.90 Å². The van der Waals surface area contributed by atoms with Crippen LogP contribution in [-0.4, -0.2) is 0 Å². The Morgan fingerprint density at radius 1 is 0.473 bits per heavy atom. The van der Waals surface area contributed by atoms with Crippen LogP contribution in [0.4, 0.5) is 17.1 Å². The van der Waals surface area contributed by atoms with Gasteiger partial charge in [-0.1, -0.05) is 91.3 Å². The molecule has 0 N–H and O–H groups in total. The minimum absolute atomic E-state index is 0.139. The van der Waals surface area contributed by atoms with Crippen molar-refractivity contribution in [3.8, 4) is 22.3 Å². The number of hydrogen-bond acceptors (Lipinski definition) is 2. The second-order valence-corrected chi connectivity index (χ2v) is 19.9. The van der Waals surface area contributed by atoms with Gasteiger partial charge in [0.1, 0.15) is 0 Å². The number of hydrogen-bond donors (Lipinski definition) is 0. The Morgan fingerprint density at radius 2 is 1.13 bits per heavy atom. The van der Waals surface area contributed by atoms with E-state index in [0.29, 0.717) is 0 Å². The predicted octanol–water partition coefficient (Wildman–Crippen LogP) is 14.3. The largest absolute Gasteiger partial charge is 0.310 e. The van der Waals surface area contributed by atoms with Gasteiger partial charge in [-0.25, -0.2) is 0 Å². The molecular weight excluding hydrogens is 683 g/mol. The molecule has 0 aliphatic heterocycles. The lowest BCUT2D eigenvalue weighted by molar-refractivity contribution is -0.0399. The summed E-state index contributed by atoms with van der Waals surface area (Å²) in [5.74, 6) is 5.03. The third-order valence-electron chi connectivity index (χ3n) is 16.7. The molecule has 6 aromatic carbocycles.